The van der Waals surface area contributed by atoms with Crippen molar-refractivity contribution in [1.29, 1.82) is 0 Å². The summed E-state index contributed by atoms with van der Waals surface area (Å²) in [6.45, 7) is 11.0. The van der Waals surface area contributed by atoms with Crippen LogP contribution in [0.15, 0.2) is 12.2 Å². The van der Waals surface area contributed by atoms with Crippen LogP contribution in [0, 0.1) is 0 Å². The zero-order chi connectivity index (χ0) is 13.6. The summed E-state index contributed by atoms with van der Waals surface area (Å²) < 4.78 is 15.9. The Bertz CT molecular complexity index is 194. The smallest absolute Gasteiger partial charge is 0.101 e. The normalized spacial score (nSPS) is 12.6. The molecule has 0 radical (unpaired) electrons. The largest absolute Gasteiger partial charge is 0.388 e. The van der Waals surface area contributed by atoms with Crippen LogP contribution in [0.1, 0.15) is 33.1 Å². The molecule has 0 aromatic carbocycles. The number of hydrogen-bond donors (Lipinski definition) is 1. The van der Waals surface area contributed by atoms with Crippen molar-refractivity contribution < 1.29 is 19.3 Å². The Hall–Kier alpha value is -0.420. The predicted octanol–water partition coefficient (Wildman–Crippen LogP) is 2.16. The van der Waals surface area contributed by atoms with Crippen LogP contribution in [0.3, 0.4) is 0 Å². The molecule has 108 valence electrons. The number of unbranched alkanes of at least 4 members (excludes halogenated alkanes) is 1. The van der Waals surface area contributed by atoms with Gasteiger partial charge in [0, 0.05) is 6.61 Å². The third-order valence-electron chi connectivity index (χ3n) is 2.31. The van der Waals surface area contributed by atoms with Gasteiger partial charge in [0.05, 0.1) is 33.0 Å². The molecule has 4 heteroatoms. The Kier molecular flexibility index (Phi) is 12.7. The van der Waals surface area contributed by atoms with Crippen molar-refractivity contribution in [3.05, 3.63) is 12.2 Å². The lowest BCUT2D eigenvalue weighted by atomic mass is 10.3. The summed E-state index contributed by atoms with van der Waals surface area (Å²) in [6, 6.07) is 0. The molecule has 0 heterocycles. The molecule has 0 saturated carbocycles. The number of ether oxygens (including phenoxy) is 3. The van der Waals surface area contributed by atoms with Crippen molar-refractivity contribution in [3.63, 3.8) is 0 Å². The molecule has 0 spiro atoms. The first-order valence-corrected chi connectivity index (χ1v) is 6.72. The van der Waals surface area contributed by atoms with E-state index in [9.17, 15) is 5.11 Å². The summed E-state index contributed by atoms with van der Waals surface area (Å²) in [7, 11) is 0. The lowest BCUT2D eigenvalue weighted by molar-refractivity contribution is -0.0320. The fraction of sp³-hybridized carbons (Fsp3) is 0.857. The number of rotatable bonds is 13. The second-order valence-corrected chi connectivity index (χ2v) is 4.48. The molecule has 1 unspecified atom stereocenters. The van der Waals surface area contributed by atoms with Gasteiger partial charge in [-0.15, -0.1) is 6.58 Å². The Balaban J connectivity index is 3.15. The van der Waals surface area contributed by atoms with Gasteiger partial charge in [-0.05, 0) is 19.8 Å². The van der Waals surface area contributed by atoms with E-state index >= 15 is 0 Å². The Morgan fingerprint density at radius 1 is 1.06 bits per heavy atom. The molecule has 0 aromatic rings. The first kappa shape index (κ1) is 17.6. The molecule has 4 nitrogen and oxygen atoms in total. The van der Waals surface area contributed by atoms with Gasteiger partial charge in [0.25, 0.3) is 0 Å². The van der Waals surface area contributed by atoms with Crippen LogP contribution in [0.2, 0.25) is 0 Å². The van der Waals surface area contributed by atoms with Crippen LogP contribution in [0.25, 0.3) is 0 Å². The molecule has 0 fully saturated rings. The van der Waals surface area contributed by atoms with Gasteiger partial charge in [-0.3, -0.25) is 0 Å². The number of aliphatic hydroxyl groups excluding tert-OH is 1. The Morgan fingerprint density at radius 3 is 2.28 bits per heavy atom. The van der Waals surface area contributed by atoms with Crippen LogP contribution >= 0.6 is 0 Å². The summed E-state index contributed by atoms with van der Waals surface area (Å²) >= 11 is 0. The zero-order valence-electron chi connectivity index (χ0n) is 11.8. The molecule has 0 aromatic heterocycles. The SMILES string of the molecule is C=C(C)CCOCCOCC(O)COCCCC. The monoisotopic (exact) mass is 260 g/mol. The van der Waals surface area contributed by atoms with Crippen molar-refractivity contribution in [2.45, 2.75) is 39.2 Å². The van der Waals surface area contributed by atoms with E-state index in [2.05, 4.69) is 13.5 Å². The highest BCUT2D eigenvalue weighted by Crippen LogP contribution is 1.95. The topological polar surface area (TPSA) is 47.9 Å². The van der Waals surface area contributed by atoms with Gasteiger partial charge in [-0.25, -0.2) is 0 Å². The number of aliphatic hydroxyl groups is 1. The lowest BCUT2D eigenvalue weighted by Crippen LogP contribution is -2.23. The van der Waals surface area contributed by atoms with Crippen molar-refractivity contribution in [2.24, 2.45) is 0 Å². The standard InChI is InChI=1S/C14H28O4/c1-4-5-7-17-11-14(15)12-18-10-9-16-8-6-13(2)3/h14-15H,2,4-12H2,1,3H3. The maximum atomic E-state index is 9.52. The molecule has 0 aliphatic carbocycles. The van der Waals surface area contributed by atoms with E-state index in [1.807, 2.05) is 6.92 Å². The molecule has 18 heavy (non-hydrogen) atoms. The fourth-order valence-corrected chi connectivity index (χ4v) is 1.20. The van der Waals surface area contributed by atoms with Crippen LogP contribution in [0.4, 0.5) is 0 Å². The van der Waals surface area contributed by atoms with E-state index < -0.39 is 6.10 Å². The summed E-state index contributed by atoms with van der Waals surface area (Å²) in [4.78, 5) is 0. The molecule has 1 N–H and O–H groups in total. The van der Waals surface area contributed by atoms with Gasteiger partial charge >= 0.3 is 0 Å². The summed E-state index contributed by atoms with van der Waals surface area (Å²) in [5, 5.41) is 9.52. The fourth-order valence-electron chi connectivity index (χ4n) is 1.20. The van der Waals surface area contributed by atoms with Crippen molar-refractivity contribution in [1.82, 2.24) is 0 Å². The van der Waals surface area contributed by atoms with Crippen LogP contribution < -0.4 is 0 Å². The van der Waals surface area contributed by atoms with E-state index in [1.54, 1.807) is 0 Å². The highest BCUT2D eigenvalue weighted by Gasteiger charge is 2.03. The molecule has 1 atom stereocenters. The second-order valence-electron chi connectivity index (χ2n) is 4.48. The average Bonchev–Trinajstić information content (AvgIpc) is 2.33. The first-order chi connectivity index (χ1) is 8.66. The quantitative estimate of drug-likeness (QED) is 0.407. The van der Waals surface area contributed by atoms with Gasteiger partial charge in [-0.1, -0.05) is 18.9 Å². The molecule has 0 aliphatic rings. The van der Waals surface area contributed by atoms with Gasteiger partial charge in [0.15, 0.2) is 0 Å². The molecule has 0 amide bonds. The highest BCUT2D eigenvalue weighted by molar-refractivity contribution is 4.86. The van der Waals surface area contributed by atoms with Crippen LogP contribution in [-0.4, -0.2) is 50.9 Å². The molecular formula is C14H28O4. The average molecular weight is 260 g/mol. The van der Waals surface area contributed by atoms with E-state index in [1.165, 1.54) is 0 Å². The molecule has 0 bridgehead atoms. The van der Waals surface area contributed by atoms with Crippen molar-refractivity contribution >= 4 is 0 Å². The first-order valence-electron chi connectivity index (χ1n) is 6.72. The molecule has 0 rings (SSSR count). The third kappa shape index (κ3) is 13.6. The van der Waals surface area contributed by atoms with E-state index in [0.29, 0.717) is 39.6 Å². The molecule has 0 saturated heterocycles. The van der Waals surface area contributed by atoms with Crippen molar-refractivity contribution in [3.8, 4) is 0 Å². The summed E-state index contributed by atoms with van der Waals surface area (Å²) in [5.74, 6) is 0. The Morgan fingerprint density at radius 2 is 1.67 bits per heavy atom. The van der Waals surface area contributed by atoms with E-state index in [4.69, 9.17) is 14.2 Å². The zero-order valence-corrected chi connectivity index (χ0v) is 11.8. The number of hydrogen-bond acceptors (Lipinski definition) is 4. The second kappa shape index (κ2) is 13.0. The van der Waals surface area contributed by atoms with Gasteiger partial charge in [-0.2, -0.15) is 0 Å². The maximum Gasteiger partial charge on any atom is 0.101 e. The van der Waals surface area contributed by atoms with E-state index in [-0.39, 0.29) is 0 Å². The molecule has 0 aliphatic heterocycles. The minimum atomic E-state index is -0.544. The summed E-state index contributed by atoms with van der Waals surface area (Å²) in [6.07, 6.45) is 2.48. The van der Waals surface area contributed by atoms with Gasteiger partial charge in [0.2, 0.25) is 0 Å². The van der Waals surface area contributed by atoms with Crippen molar-refractivity contribution in [2.75, 3.05) is 39.6 Å². The minimum Gasteiger partial charge on any atom is -0.388 e. The Labute approximate surface area is 111 Å². The van der Waals surface area contributed by atoms with Gasteiger partial charge in [0.1, 0.15) is 6.10 Å². The third-order valence-corrected chi connectivity index (χ3v) is 2.31. The van der Waals surface area contributed by atoms with Crippen LogP contribution in [-0.2, 0) is 14.2 Å². The van der Waals surface area contributed by atoms with Crippen LogP contribution in [0.5, 0.6) is 0 Å². The molecular weight excluding hydrogens is 232 g/mol. The van der Waals surface area contributed by atoms with E-state index in [0.717, 1.165) is 24.8 Å². The predicted molar refractivity (Wildman–Crippen MR) is 72.8 cm³/mol. The lowest BCUT2D eigenvalue weighted by Gasteiger charge is -2.11. The highest BCUT2D eigenvalue weighted by atomic mass is 16.5. The van der Waals surface area contributed by atoms with Gasteiger partial charge < -0.3 is 19.3 Å². The minimum absolute atomic E-state index is 0.302. The summed E-state index contributed by atoms with van der Waals surface area (Å²) in [5.41, 5.74) is 1.12. The maximum absolute atomic E-state index is 9.52.